The monoisotopic (exact) mass is 248 g/mol. The summed E-state index contributed by atoms with van der Waals surface area (Å²) in [5.41, 5.74) is -0.895. The highest BCUT2D eigenvalue weighted by Gasteiger charge is 2.54. The highest BCUT2D eigenvalue weighted by atomic mass is 19.3. The van der Waals surface area contributed by atoms with Crippen molar-refractivity contribution in [3.8, 4) is 0 Å². The lowest BCUT2D eigenvalue weighted by atomic mass is 9.93. The van der Waals surface area contributed by atoms with Gasteiger partial charge in [-0.1, -0.05) is 0 Å². The number of fused-ring (bicyclic) bond motifs is 1. The fourth-order valence-corrected chi connectivity index (χ4v) is 2.67. The molecule has 2 fully saturated rings. The van der Waals surface area contributed by atoms with E-state index in [1.165, 1.54) is 0 Å². The summed E-state index contributed by atoms with van der Waals surface area (Å²) in [6.07, 6.45) is 0. The highest BCUT2D eigenvalue weighted by molar-refractivity contribution is 5.73. The van der Waals surface area contributed by atoms with Crippen LogP contribution >= 0.6 is 0 Å². The van der Waals surface area contributed by atoms with E-state index in [1.54, 1.807) is 13.8 Å². The third-order valence-electron chi connectivity index (χ3n) is 3.74. The minimum atomic E-state index is -2.66. The molecular weight excluding hydrogens is 230 g/mol. The van der Waals surface area contributed by atoms with E-state index in [1.807, 2.05) is 4.90 Å². The molecule has 0 aromatic rings. The average molecular weight is 248 g/mol. The average Bonchev–Trinajstić information content (AvgIpc) is 2.67. The van der Waals surface area contributed by atoms with Crippen LogP contribution in [-0.2, 0) is 4.79 Å². The predicted octanol–water partition coefficient (Wildman–Crippen LogP) is 0.636. The molecule has 2 rings (SSSR count). The zero-order chi connectivity index (χ0) is 12.8. The lowest BCUT2D eigenvalue weighted by Crippen LogP contribution is -2.41. The summed E-state index contributed by atoms with van der Waals surface area (Å²) in [5.74, 6) is -4.23. The molecule has 2 atom stereocenters. The number of carboxylic acid groups (broad SMARTS) is 1. The summed E-state index contributed by atoms with van der Waals surface area (Å²) >= 11 is 0. The van der Waals surface area contributed by atoms with Crippen LogP contribution in [0.3, 0.4) is 0 Å². The van der Waals surface area contributed by atoms with Crippen LogP contribution in [0.15, 0.2) is 0 Å². The first-order valence-corrected chi connectivity index (χ1v) is 5.79. The molecule has 2 aliphatic heterocycles. The van der Waals surface area contributed by atoms with E-state index in [-0.39, 0.29) is 19.1 Å². The van der Waals surface area contributed by atoms with Crippen molar-refractivity contribution in [3.63, 3.8) is 0 Å². The minimum absolute atomic E-state index is 0.199. The van der Waals surface area contributed by atoms with Crippen LogP contribution in [0.25, 0.3) is 0 Å². The Balaban J connectivity index is 1.98. The van der Waals surface area contributed by atoms with Crippen LogP contribution in [0, 0.1) is 11.3 Å². The fraction of sp³-hybridized carbons (Fsp3) is 0.909. The molecule has 98 valence electrons. The van der Waals surface area contributed by atoms with Crippen LogP contribution in [-0.4, -0.2) is 54.1 Å². The number of aliphatic carboxylic acids is 1. The van der Waals surface area contributed by atoms with Crippen molar-refractivity contribution in [2.45, 2.75) is 25.8 Å². The number of carbonyl (C=O) groups is 1. The van der Waals surface area contributed by atoms with Crippen molar-refractivity contribution < 1.29 is 18.7 Å². The lowest BCUT2D eigenvalue weighted by molar-refractivity contribution is -0.147. The van der Waals surface area contributed by atoms with Gasteiger partial charge in [0, 0.05) is 25.7 Å². The summed E-state index contributed by atoms with van der Waals surface area (Å²) in [6.45, 7) is 4.09. The zero-order valence-corrected chi connectivity index (χ0v) is 10.0. The number of likely N-dealkylation sites (tertiary alicyclic amines) is 1. The molecular formula is C11H18F2N2O2. The number of nitrogens with one attached hydrogen (secondary N) is 1. The van der Waals surface area contributed by atoms with Gasteiger partial charge in [-0.15, -0.1) is 0 Å². The number of hydrogen-bond acceptors (Lipinski definition) is 3. The molecule has 2 saturated heterocycles. The van der Waals surface area contributed by atoms with E-state index in [9.17, 15) is 13.6 Å². The Hall–Kier alpha value is -0.750. The Kier molecular flexibility index (Phi) is 2.90. The number of nitrogens with zero attached hydrogens (tertiary/aromatic N) is 1. The molecule has 2 heterocycles. The van der Waals surface area contributed by atoms with Crippen molar-refractivity contribution in [3.05, 3.63) is 0 Å². The molecule has 0 radical (unpaired) electrons. The first-order chi connectivity index (χ1) is 7.72. The molecule has 0 aromatic carbocycles. The van der Waals surface area contributed by atoms with Gasteiger partial charge in [0.25, 0.3) is 5.92 Å². The summed E-state index contributed by atoms with van der Waals surface area (Å²) in [5, 5.41) is 11.8. The van der Waals surface area contributed by atoms with E-state index < -0.39 is 23.2 Å². The van der Waals surface area contributed by atoms with E-state index in [2.05, 4.69) is 5.32 Å². The van der Waals surface area contributed by atoms with E-state index in [0.717, 1.165) is 0 Å². The van der Waals surface area contributed by atoms with E-state index in [4.69, 9.17) is 5.11 Å². The summed E-state index contributed by atoms with van der Waals surface area (Å²) in [7, 11) is 0. The maximum atomic E-state index is 13.5. The van der Waals surface area contributed by atoms with Gasteiger partial charge in [-0.2, -0.15) is 0 Å². The normalized spacial score (nSPS) is 32.7. The van der Waals surface area contributed by atoms with Gasteiger partial charge in [-0.05, 0) is 13.8 Å². The summed E-state index contributed by atoms with van der Waals surface area (Å²) in [6, 6.07) is -0.199. The van der Waals surface area contributed by atoms with Crippen LogP contribution in [0.4, 0.5) is 8.78 Å². The maximum absolute atomic E-state index is 13.5. The Labute approximate surface area is 99.0 Å². The topological polar surface area (TPSA) is 52.6 Å². The number of halogens is 2. The Morgan fingerprint density at radius 1 is 1.53 bits per heavy atom. The van der Waals surface area contributed by atoms with Gasteiger partial charge in [0.05, 0.1) is 17.9 Å². The summed E-state index contributed by atoms with van der Waals surface area (Å²) < 4.78 is 26.9. The van der Waals surface area contributed by atoms with Gasteiger partial charge in [0.1, 0.15) is 0 Å². The van der Waals surface area contributed by atoms with Crippen molar-refractivity contribution in [1.29, 1.82) is 0 Å². The molecule has 0 aliphatic carbocycles. The Bertz CT molecular complexity index is 333. The Morgan fingerprint density at radius 2 is 2.18 bits per heavy atom. The van der Waals surface area contributed by atoms with Crippen molar-refractivity contribution in [1.82, 2.24) is 10.2 Å². The van der Waals surface area contributed by atoms with E-state index >= 15 is 0 Å². The van der Waals surface area contributed by atoms with Crippen molar-refractivity contribution in [2.75, 3.05) is 26.2 Å². The van der Waals surface area contributed by atoms with Crippen molar-refractivity contribution >= 4 is 5.97 Å². The first kappa shape index (κ1) is 12.7. The zero-order valence-electron chi connectivity index (χ0n) is 10.0. The van der Waals surface area contributed by atoms with Gasteiger partial charge in [-0.25, -0.2) is 8.78 Å². The third-order valence-corrected chi connectivity index (χ3v) is 3.74. The van der Waals surface area contributed by atoms with E-state index in [0.29, 0.717) is 13.1 Å². The first-order valence-electron chi connectivity index (χ1n) is 5.79. The number of carboxylic acids is 1. The third kappa shape index (κ3) is 2.28. The van der Waals surface area contributed by atoms with Gasteiger partial charge in [-0.3, -0.25) is 4.79 Å². The largest absolute Gasteiger partial charge is 0.481 e. The molecule has 0 saturated carbocycles. The van der Waals surface area contributed by atoms with Gasteiger partial charge >= 0.3 is 5.97 Å². The number of hydrogen-bond donors (Lipinski definition) is 2. The summed E-state index contributed by atoms with van der Waals surface area (Å²) in [4.78, 5) is 12.8. The molecule has 0 bridgehead atoms. The van der Waals surface area contributed by atoms with Crippen LogP contribution < -0.4 is 5.32 Å². The van der Waals surface area contributed by atoms with Crippen LogP contribution in [0.2, 0.25) is 0 Å². The van der Waals surface area contributed by atoms with Gasteiger partial charge in [0.15, 0.2) is 0 Å². The minimum Gasteiger partial charge on any atom is -0.481 e. The lowest BCUT2D eigenvalue weighted by Gasteiger charge is -2.27. The highest BCUT2D eigenvalue weighted by Crippen LogP contribution is 2.37. The molecule has 2 N–H and O–H groups in total. The molecule has 0 amide bonds. The molecule has 2 aliphatic rings. The second kappa shape index (κ2) is 3.88. The fourth-order valence-electron chi connectivity index (χ4n) is 2.67. The molecule has 17 heavy (non-hydrogen) atoms. The smallest absolute Gasteiger partial charge is 0.310 e. The quantitative estimate of drug-likeness (QED) is 0.769. The van der Waals surface area contributed by atoms with Crippen molar-refractivity contribution in [2.24, 2.45) is 11.3 Å². The van der Waals surface area contributed by atoms with Crippen LogP contribution in [0.1, 0.15) is 13.8 Å². The molecule has 0 aromatic heterocycles. The maximum Gasteiger partial charge on any atom is 0.310 e. The number of rotatable bonds is 3. The second-order valence-electron chi connectivity index (χ2n) is 5.74. The molecule has 0 unspecified atom stereocenters. The van der Waals surface area contributed by atoms with Crippen LogP contribution in [0.5, 0.6) is 0 Å². The predicted molar refractivity (Wildman–Crippen MR) is 58.1 cm³/mol. The molecule has 0 spiro atoms. The molecule has 4 nitrogen and oxygen atoms in total. The van der Waals surface area contributed by atoms with Gasteiger partial charge in [0.2, 0.25) is 0 Å². The molecule has 6 heteroatoms. The SMILES string of the molecule is CC(C)(CN1C[C@H]2NCC(F)(F)[C@H]2C1)C(=O)O. The Morgan fingerprint density at radius 3 is 2.71 bits per heavy atom. The van der Waals surface area contributed by atoms with Gasteiger partial charge < -0.3 is 15.3 Å². The number of alkyl halides is 2. The standard InChI is InChI=1S/C11H18F2N2O2/c1-10(2,9(16)17)6-15-3-7-8(4-15)14-5-11(7,12)13/h7-8,14H,3-6H2,1-2H3,(H,16,17)/t7-,8+/m0/s1. The second-order valence-corrected chi connectivity index (χ2v) is 5.74.